The zero-order chi connectivity index (χ0) is 13.0. The molecule has 0 saturated heterocycles. The van der Waals surface area contributed by atoms with Crippen molar-refractivity contribution in [2.24, 2.45) is 0 Å². The predicted molar refractivity (Wildman–Crippen MR) is 76.6 cm³/mol. The fourth-order valence-electron chi connectivity index (χ4n) is 1.59. The lowest BCUT2D eigenvalue weighted by Gasteiger charge is -1.91. The second-order valence-corrected chi connectivity index (χ2v) is 4.69. The molecule has 2 aromatic rings. The number of halogens is 1. The first-order valence-corrected chi connectivity index (χ1v) is 6.29. The van der Waals surface area contributed by atoms with Gasteiger partial charge in [0, 0.05) is 23.3 Å². The van der Waals surface area contributed by atoms with E-state index in [4.69, 9.17) is 0 Å². The van der Waals surface area contributed by atoms with Crippen LogP contribution in [0.2, 0.25) is 0 Å². The molecule has 0 atom stereocenters. The summed E-state index contributed by atoms with van der Waals surface area (Å²) in [6.45, 7) is 3.51. The molecule has 2 heterocycles. The average molecular weight is 305 g/mol. The number of hydrogen-bond donors (Lipinski definition) is 1. The van der Waals surface area contributed by atoms with Crippen molar-refractivity contribution in [2.75, 3.05) is 0 Å². The molecule has 0 bridgehead atoms. The summed E-state index contributed by atoms with van der Waals surface area (Å²) in [5.74, 6) is 0.191. The van der Waals surface area contributed by atoms with Crippen LogP contribution in [0.4, 0.5) is 0 Å². The van der Waals surface area contributed by atoms with Gasteiger partial charge in [0.25, 0.3) is 0 Å². The van der Waals surface area contributed by atoms with E-state index >= 15 is 0 Å². The van der Waals surface area contributed by atoms with Crippen molar-refractivity contribution in [1.29, 1.82) is 0 Å². The summed E-state index contributed by atoms with van der Waals surface area (Å²) in [6.07, 6.45) is 11.2. The molecule has 0 radical (unpaired) electrons. The molecule has 0 unspecified atom stereocenters. The van der Waals surface area contributed by atoms with E-state index in [2.05, 4.69) is 27.5 Å². The lowest BCUT2D eigenvalue weighted by molar-refractivity contribution is 0.432. The highest BCUT2D eigenvalue weighted by atomic mass is 79.9. The van der Waals surface area contributed by atoms with E-state index in [0.717, 1.165) is 15.8 Å². The maximum absolute atomic E-state index is 9.37. The number of rotatable bonds is 4. The first-order valence-electron chi connectivity index (χ1n) is 5.50. The lowest BCUT2D eigenvalue weighted by atomic mass is 10.3. The third-order valence-electron chi connectivity index (χ3n) is 2.37. The Bertz CT molecular complexity index is 626. The Morgan fingerprint density at radius 3 is 3.06 bits per heavy atom. The SMILES string of the molecule is C=C/C=C(O)\C=C/Cc1cn2cc(Br)ccc2n1. The van der Waals surface area contributed by atoms with Gasteiger partial charge in [-0.1, -0.05) is 18.7 Å². The predicted octanol–water partition coefficient (Wildman–Crippen LogP) is 3.82. The monoisotopic (exact) mass is 304 g/mol. The highest BCUT2D eigenvalue weighted by molar-refractivity contribution is 9.10. The Morgan fingerprint density at radius 2 is 2.28 bits per heavy atom. The summed E-state index contributed by atoms with van der Waals surface area (Å²) in [5.41, 5.74) is 1.86. The number of aromatic nitrogens is 2. The van der Waals surface area contributed by atoms with Crippen LogP contribution in [0, 0.1) is 0 Å². The summed E-state index contributed by atoms with van der Waals surface area (Å²) in [4.78, 5) is 4.47. The van der Waals surface area contributed by atoms with Crippen LogP contribution in [0.25, 0.3) is 5.65 Å². The molecule has 2 rings (SSSR count). The van der Waals surface area contributed by atoms with E-state index in [1.807, 2.05) is 35.0 Å². The van der Waals surface area contributed by atoms with E-state index in [1.165, 1.54) is 6.08 Å². The standard InChI is InChI=1S/C14H13BrN2O/c1-2-4-13(18)6-3-5-12-10-17-9-11(15)7-8-14(17)16-12/h2-4,6-10,18H,1,5H2/b6-3-,13-4+. The van der Waals surface area contributed by atoms with Gasteiger partial charge < -0.3 is 9.51 Å². The number of pyridine rings is 1. The minimum atomic E-state index is 0.191. The van der Waals surface area contributed by atoms with E-state index < -0.39 is 0 Å². The molecule has 0 saturated carbocycles. The molecule has 0 spiro atoms. The van der Waals surface area contributed by atoms with Crippen LogP contribution in [0.15, 0.2) is 65.6 Å². The van der Waals surface area contributed by atoms with Gasteiger partial charge >= 0.3 is 0 Å². The molecule has 1 N–H and O–H groups in total. The molecule has 0 amide bonds. The number of fused-ring (bicyclic) bond motifs is 1. The van der Waals surface area contributed by atoms with Crippen LogP contribution in [0.5, 0.6) is 0 Å². The largest absolute Gasteiger partial charge is 0.508 e. The molecular weight excluding hydrogens is 292 g/mol. The van der Waals surface area contributed by atoms with Crippen LogP contribution in [0.3, 0.4) is 0 Å². The van der Waals surface area contributed by atoms with Crippen LogP contribution >= 0.6 is 15.9 Å². The maximum atomic E-state index is 9.37. The van der Waals surface area contributed by atoms with Gasteiger partial charge in [0.2, 0.25) is 0 Å². The van der Waals surface area contributed by atoms with Crippen molar-refractivity contribution in [2.45, 2.75) is 6.42 Å². The molecule has 3 nitrogen and oxygen atoms in total. The summed E-state index contributed by atoms with van der Waals surface area (Å²) >= 11 is 3.42. The Morgan fingerprint density at radius 1 is 1.44 bits per heavy atom. The van der Waals surface area contributed by atoms with Gasteiger partial charge in [0.15, 0.2) is 0 Å². The van der Waals surface area contributed by atoms with E-state index in [1.54, 1.807) is 12.2 Å². The molecule has 0 aliphatic carbocycles. The van der Waals surface area contributed by atoms with Crippen LogP contribution in [-0.4, -0.2) is 14.5 Å². The summed E-state index contributed by atoms with van der Waals surface area (Å²) in [6, 6.07) is 3.91. The molecule has 0 aliphatic heterocycles. The van der Waals surface area contributed by atoms with Gasteiger partial charge in [-0.3, -0.25) is 0 Å². The van der Waals surface area contributed by atoms with Gasteiger partial charge in [-0.25, -0.2) is 4.98 Å². The molecule has 92 valence electrons. The summed E-state index contributed by atoms with van der Waals surface area (Å²) in [7, 11) is 0. The Balaban J connectivity index is 2.13. The number of hydrogen-bond acceptors (Lipinski definition) is 2. The highest BCUT2D eigenvalue weighted by Gasteiger charge is 1.99. The first kappa shape index (κ1) is 12.6. The number of aliphatic hydroxyl groups excluding tert-OH is 1. The van der Waals surface area contributed by atoms with Gasteiger partial charge in [-0.15, -0.1) is 0 Å². The maximum Gasteiger partial charge on any atom is 0.137 e. The normalized spacial score (nSPS) is 12.4. The van der Waals surface area contributed by atoms with Crippen molar-refractivity contribution in [3.8, 4) is 0 Å². The van der Waals surface area contributed by atoms with Gasteiger partial charge in [0.1, 0.15) is 11.4 Å². The number of aliphatic hydroxyl groups is 1. The zero-order valence-electron chi connectivity index (χ0n) is 9.75. The molecule has 0 fully saturated rings. The Labute approximate surface area is 114 Å². The highest BCUT2D eigenvalue weighted by Crippen LogP contribution is 2.13. The molecular formula is C14H13BrN2O. The van der Waals surface area contributed by atoms with E-state index in [0.29, 0.717) is 6.42 Å². The Hall–Kier alpha value is -1.81. The minimum Gasteiger partial charge on any atom is -0.508 e. The minimum absolute atomic E-state index is 0.191. The van der Waals surface area contributed by atoms with Crippen LogP contribution in [0.1, 0.15) is 5.69 Å². The second kappa shape index (κ2) is 5.69. The van der Waals surface area contributed by atoms with Crippen LogP contribution < -0.4 is 0 Å². The smallest absolute Gasteiger partial charge is 0.137 e. The summed E-state index contributed by atoms with van der Waals surface area (Å²) < 4.78 is 2.98. The van der Waals surface area contributed by atoms with E-state index in [-0.39, 0.29) is 5.76 Å². The van der Waals surface area contributed by atoms with Gasteiger partial charge in [-0.05, 0) is 40.2 Å². The molecule has 2 aromatic heterocycles. The number of nitrogens with zero attached hydrogens (tertiary/aromatic N) is 2. The lowest BCUT2D eigenvalue weighted by Crippen LogP contribution is -1.80. The fraction of sp³-hybridized carbons (Fsp3) is 0.0714. The van der Waals surface area contributed by atoms with Crippen molar-refractivity contribution < 1.29 is 5.11 Å². The zero-order valence-corrected chi connectivity index (χ0v) is 11.3. The quantitative estimate of drug-likeness (QED) is 0.688. The van der Waals surface area contributed by atoms with Gasteiger partial charge in [-0.2, -0.15) is 0 Å². The summed E-state index contributed by atoms with van der Waals surface area (Å²) in [5, 5.41) is 9.37. The molecule has 0 aliphatic rings. The van der Waals surface area contributed by atoms with Crippen molar-refractivity contribution in [3.05, 3.63) is 71.3 Å². The van der Waals surface area contributed by atoms with Crippen LogP contribution in [-0.2, 0) is 6.42 Å². The van der Waals surface area contributed by atoms with Crippen molar-refractivity contribution in [3.63, 3.8) is 0 Å². The first-order chi connectivity index (χ1) is 8.69. The average Bonchev–Trinajstić information content (AvgIpc) is 2.71. The second-order valence-electron chi connectivity index (χ2n) is 3.78. The van der Waals surface area contributed by atoms with E-state index in [9.17, 15) is 5.11 Å². The molecule has 18 heavy (non-hydrogen) atoms. The third-order valence-corrected chi connectivity index (χ3v) is 2.84. The van der Waals surface area contributed by atoms with Crippen molar-refractivity contribution in [1.82, 2.24) is 9.38 Å². The Kier molecular flexibility index (Phi) is 3.99. The fourth-order valence-corrected chi connectivity index (χ4v) is 1.95. The third kappa shape index (κ3) is 3.11. The number of imidazole rings is 1. The van der Waals surface area contributed by atoms with Gasteiger partial charge in [0.05, 0.1) is 5.69 Å². The molecule has 0 aromatic carbocycles. The van der Waals surface area contributed by atoms with Crippen molar-refractivity contribution >= 4 is 21.6 Å². The number of allylic oxidation sites excluding steroid dienone is 4. The topological polar surface area (TPSA) is 37.5 Å². The molecule has 4 heteroatoms.